The van der Waals surface area contributed by atoms with Crippen LogP contribution in [0.15, 0.2) is 57.2 Å². The van der Waals surface area contributed by atoms with Crippen molar-refractivity contribution < 1.29 is 4.42 Å². The second-order valence-electron chi connectivity index (χ2n) is 7.70. The molecule has 4 heterocycles. The van der Waals surface area contributed by atoms with Crippen molar-refractivity contribution in [2.24, 2.45) is 0 Å². The third-order valence-electron chi connectivity index (χ3n) is 5.69. The smallest absolute Gasteiger partial charge is 0.255 e. The molecule has 0 fully saturated rings. The summed E-state index contributed by atoms with van der Waals surface area (Å²) in [4.78, 5) is 43.2. The van der Waals surface area contributed by atoms with E-state index in [4.69, 9.17) is 4.42 Å². The molecular weight excluding hydrogens is 394 g/mol. The molecule has 156 valence electrons. The molecule has 1 aliphatic rings. The number of nitrogens with one attached hydrogen (secondary N) is 1. The first kappa shape index (κ1) is 19.3. The molecule has 0 atom stereocenters. The fourth-order valence-corrected chi connectivity index (χ4v) is 3.96. The van der Waals surface area contributed by atoms with E-state index < -0.39 is 0 Å². The lowest BCUT2D eigenvalue weighted by Gasteiger charge is -2.27. The molecule has 0 amide bonds. The van der Waals surface area contributed by atoms with Crippen molar-refractivity contribution in [2.45, 2.75) is 32.9 Å². The quantitative estimate of drug-likeness (QED) is 0.546. The topological polar surface area (TPSA) is 105 Å². The van der Waals surface area contributed by atoms with Gasteiger partial charge in [0.05, 0.1) is 28.5 Å². The molecule has 4 aromatic rings. The van der Waals surface area contributed by atoms with Gasteiger partial charge in [-0.25, -0.2) is 15.0 Å². The standard InChI is InChI=1S/C23H21N5O3/c1-2-14-3-4-20-17(7-14)21(29)16(12-31-20)10-28-6-5-19-18(11-28)23(30)27-22(26-19)15-8-24-13-25-9-15/h3-4,7-9,12-13H,2,5-6,10-11H2,1H3,(H,26,27,30). The average molecular weight is 415 g/mol. The van der Waals surface area contributed by atoms with Gasteiger partial charge in [0, 0.05) is 44.0 Å². The third-order valence-corrected chi connectivity index (χ3v) is 5.69. The van der Waals surface area contributed by atoms with Crippen LogP contribution in [0.1, 0.15) is 29.3 Å². The van der Waals surface area contributed by atoms with Crippen LogP contribution in [-0.2, 0) is 25.9 Å². The van der Waals surface area contributed by atoms with Crippen LogP contribution in [0.2, 0.25) is 0 Å². The van der Waals surface area contributed by atoms with Crippen molar-refractivity contribution in [1.29, 1.82) is 0 Å². The largest absolute Gasteiger partial charge is 0.464 e. The second kappa shape index (κ2) is 7.88. The molecule has 1 aromatic carbocycles. The highest BCUT2D eigenvalue weighted by molar-refractivity contribution is 5.77. The minimum absolute atomic E-state index is 0.0196. The maximum atomic E-state index is 13.0. The van der Waals surface area contributed by atoms with Gasteiger partial charge in [0.15, 0.2) is 5.43 Å². The van der Waals surface area contributed by atoms with E-state index in [-0.39, 0.29) is 11.0 Å². The Kier molecular flexibility index (Phi) is 4.91. The van der Waals surface area contributed by atoms with Crippen LogP contribution in [0.3, 0.4) is 0 Å². The number of aromatic amines is 1. The SMILES string of the molecule is CCc1ccc2occ(CN3CCc4nc(-c5cncnc5)[nH]c(=O)c4C3)c(=O)c2c1. The van der Waals surface area contributed by atoms with Gasteiger partial charge in [0.2, 0.25) is 0 Å². The summed E-state index contributed by atoms with van der Waals surface area (Å²) in [7, 11) is 0. The number of benzene rings is 1. The van der Waals surface area contributed by atoms with E-state index in [9.17, 15) is 9.59 Å². The fraction of sp³-hybridized carbons (Fsp3) is 0.261. The summed E-state index contributed by atoms with van der Waals surface area (Å²) in [5.41, 5.74) is 4.16. The van der Waals surface area contributed by atoms with Crippen molar-refractivity contribution in [1.82, 2.24) is 24.8 Å². The monoisotopic (exact) mass is 415 g/mol. The predicted molar refractivity (Wildman–Crippen MR) is 116 cm³/mol. The van der Waals surface area contributed by atoms with E-state index in [0.29, 0.717) is 59.5 Å². The molecule has 0 saturated carbocycles. The number of nitrogens with zero attached hydrogens (tertiary/aromatic N) is 4. The third kappa shape index (κ3) is 3.66. The highest BCUT2D eigenvalue weighted by Gasteiger charge is 2.23. The van der Waals surface area contributed by atoms with Crippen molar-refractivity contribution in [2.75, 3.05) is 6.54 Å². The summed E-state index contributed by atoms with van der Waals surface area (Å²) in [6, 6.07) is 5.72. The van der Waals surface area contributed by atoms with Crippen LogP contribution in [0.4, 0.5) is 0 Å². The van der Waals surface area contributed by atoms with Gasteiger partial charge in [-0.05, 0) is 24.1 Å². The predicted octanol–water partition coefficient (Wildman–Crippen LogP) is 2.45. The summed E-state index contributed by atoms with van der Waals surface area (Å²) in [6.07, 6.45) is 7.69. The van der Waals surface area contributed by atoms with E-state index in [0.717, 1.165) is 17.7 Å². The average Bonchev–Trinajstić information content (AvgIpc) is 2.81. The highest BCUT2D eigenvalue weighted by atomic mass is 16.3. The zero-order chi connectivity index (χ0) is 21.4. The summed E-state index contributed by atoms with van der Waals surface area (Å²) in [5.74, 6) is 0.472. The van der Waals surface area contributed by atoms with Gasteiger partial charge in [-0.1, -0.05) is 13.0 Å². The summed E-state index contributed by atoms with van der Waals surface area (Å²) in [5, 5.41) is 0.600. The maximum Gasteiger partial charge on any atom is 0.255 e. The Morgan fingerprint density at radius 1 is 1.19 bits per heavy atom. The van der Waals surface area contributed by atoms with Gasteiger partial charge in [-0.15, -0.1) is 0 Å². The van der Waals surface area contributed by atoms with Crippen LogP contribution in [0.5, 0.6) is 0 Å². The van der Waals surface area contributed by atoms with Crippen LogP contribution in [-0.4, -0.2) is 31.4 Å². The molecule has 0 aliphatic carbocycles. The Hall–Kier alpha value is -3.65. The molecule has 0 saturated heterocycles. The number of hydrogen-bond donors (Lipinski definition) is 1. The number of fused-ring (bicyclic) bond motifs is 2. The Balaban J connectivity index is 1.42. The molecule has 8 nitrogen and oxygen atoms in total. The van der Waals surface area contributed by atoms with E-state index in [1.807, 2.05) is 18.2 Å². The Morgan fingerprint density at radius 2 is 2.03 bits per heavy atom. The van der Waals surface area contributed by atoms with Crippen LogP contribution < -0.4 is 11.0 Å². The minimum Gasteiger partial charge on any atom is -0.464 e. The van der Waals surface area contributed by atoms with Crippen molar-refractivity contribution >= 4 is 11.0 Å². The zero-order valence-corrected chi connectivity index (χ0v) is 17.1. The summed E-state index contributed by atoms with van der Waals surface area (Å²) in [6.45, 7) is 3.60. The minimum atomic E-state index is -0.174. The van der Waals surface area contributed by atoms with E-state index in [1.54, 1.807) is 12.4 Å². The Bertz CT molecular complexity index is 1380. The summed E-state index contributed by atoms with van der Waals surface area (Å²) < 4.78 is 5.70. The first-order valence-corrected chi connectivity index (χ1v) is 10.3. The molecule has 1 aliphatic heterocycles. The van der Waals surface area contributed by atoms with Crippen LogP contribution >= 0.6 is 0 Å². The van der Waals surface area contributed by atoms with Gasteiger partial charge in [0.1, 0.15) is 17.7 Å². The van der Waals surface area contributed by atoms with Gasteiger partial charge in [-0.3, -0.25) is 14.5 Å². The van der Waals surface area contributed by atoms with E-state index in [1.165, 1.54) is 12.6 Å². The molecule has 0 unspecified atom stereocenters. The Labute approximate surface area is 177 Å². The van der Waals surface area contributed by atoms with Gasteiger partial charge in [0.25, 0.3) is 5.56 Å². The van der Waals surface area contributed by atoms with Crippen LogP contribution in [0, 0.1) is 0 Å². The molecule has 8 heteroatoms. The molecule has 1 N–H and O–H groups in total. The number of aryl methyl sites for hydroxylation is 1. The molecule has 0 spiro atoms. The second-order valence-corrected chi connectivity index (χ2v) is 7.70. The van der Waals surface area contributed by atoms with Crippen LogP contribution in [0.25, 0.3) is 22.4 Å². The lowest BCUT2D eigenvalue weighted by atomic mass is 10.0. The Morgan fingerprint density at radius 3 is 2.84 bits per heavy atom. The lowest BCUT2D eigenvalue weighted by Crippen LogP contribution is -2.36. The highest BCUT2D eigenvalue weighted by Crippen LogP contribution is 2.20. The normalized spacial score (nSPS) is 14.0. The summed E-state index contributed by atoms with van der Waals surface area (Å²) >= 11 is 0. The van der Waals surface area contributed by atoms with Gasteiger partial charge < -0.3 is 9.40 Å². The molecule has 0 radical (unpaired) electrons. The maximum absolute atomic E-state index is 13.0. The first-order chi connectivity index (χ1) is 15.1. The van der Waals surface area contributed by atoms with Crippen molar-refractivity contribution in [3.63, 3.8) is 0 Å². The number of H-pyrrole nitrogens is 1. The molecule has 5 rings (SSSR count). The number of hydrogen-bond acceptors (Lipinski definition) is 7. The van der Waals surface area contributed by atoms with Gasteiger partial charge >= 0.3 is 0 Å². The fourth-order valence-electron chi connectivity index (χ4n) is 3.96. The number of rotatable bonds is 4. The molecule has 3 aromatic heterocycles. The number of aromatic nitrogens is 4. The zero-order valence-electron chi connectivity index (χ0n) is 17.1. The van der Waals surface area contributed by atoms with E-state index >= 15 is 0 Å². The molecule has 0 bridgehead atoms. The van der Waals surface area contributed by atoms with Gasteiger partial charge in [-0.2, -0.15) is 0 Å². The lowest BCUT2D eigenvalue weighted by molar-refractivity contribution is 0.239. The molecule has 31 heavy (non-hydrogen) atoms. The first-order valence-electron chi connectivity index (χ1n) is 10.3. The van der Waals surface area contributed by atoms with Crippen molar-refractivity contribution in [3.8, 4) is 11.4 Å². The molecular formula is C23H21N5O3. The van der Waals surface area contributed by atoms with Crippen molar-refractivity contribution in [3.05, 3.63) is 86.1 Å². The van der Waals surface area contributed by atoms with E-state index in [2.05, 4.69) is 31.8 Å².